The first kappa shape index (κ1) is 21.9. The number of hydrogen-bond donors (Lipinski definition) is 1. The zero-order chi connectivity index (χ0) is 21.8. The maximum Gasteiger partial charge on any atom is 0.573 e. The Morgan fingerprint density at radius 2 is 1.90 bits per heavy atom. The highest BCUT2D eigenvalue weighted by Crippen LogP contribution is 2.46. The SMILES string of the molecule is CC1(c2sc(-c3cccc(OC(F)(F)F)c3)cc2Cl)CS(=O)(=O)C(C)(C)C(N)=N1. The van der Waals surface area contributed by atoms with Gasteiger partial charge in [0.25, 0.3) is 0 Å². The van der Waals surface area contributed by atoms with Crippen LogP contribution in [0.1, 0.15) is 25.6 Å². The molecule has 1 aliphatic heterocycles. The average molecular weight is 467 g/mol. The molecule has 2 aromatic rings. The third-order valence-electron chi connectivity index (χ3n) is 4.76. The van der Waals surface area contributed by atoms with E-state index in [2.05, 4.69) is 9.73 Å². The number of aliphatic imine (C=N–C) groups is 1. The van der Waals surface area contributed by atoms with Crippen molar-refractivity contribution in [3.05, 3.63) is 40.2 Å². The minimum Gasteiger partial charge on any atom is -0.406 e. The third-order valence-corrected chi connectivity index (χ3v) is 9.31. The van der Waals surface area contributed by atoms with E-state index < -0.39 is 26.5 Å². The van der Waals surface area contributed by atoms with E-state index >= 15 is 0 Å². The van der Waals surface area contributed by atoms with Gasteiger partial charge >= 0.3 is 6.36 Å². The zero-order valence-corrected chi connectivity index (χ0v) is 18.1. The molecule has 158 valence electrons. The lowest BCUT2D eigenvalue weighted by Crippen LogP contribution is -2.54. The number of sulfone groups is 1. The van der Waals surface area contributed by atoms with Gasteiger partial charge in [0.1, 0.15) is 21.9 Å². The molecule has 2 N–H and O–H groups in total. The van der Waals surface area contributed by atoms with Crippen LogP contribution in [-0.2, 0) is 15.4 Å². The fourth-order valence-electron chi connectivity index (χ4n) is 2.98. The van der Waals surface area contributed by atoms with Gasteiger partial charge in [-0.25, -0.2) is 8.42 Å². The smallest absolute Gasteiger partial charge is 0.406 e. The number of ether oxygens (including phenoxy) is 1. The quantitative estimate of drug-likeness (QED) is 0.708. The zero-order valence-electron chi connectivity index (χ0n) is 15.7. The van der Waals surface area contributed by atoms with E-state index in [1.54, 1.807) is 19.1 Å². The van der Waals surface area contributed by atoms with Crippen molar-refractivity contribution in [2.24, 2.45) is 10.7 Å². The molecule has 2 heterocycles. The molecule has 0 amide bonds. The lowest BCUT2D eigenvalue weighted by molar-refractivity contribution is -0.274. The number of hydrogen-bond acceptors (Lipinski definition) is 6. The Morgan fingerprint density at radius 1 is 1.24 bits per heavy atom. The Morgan fingerprint density at radius 3 is 2.48 bits per heavy atom. The lowest BCUT2D eigenvalue weighted by atomic mass is 10.0. The van der Waals surface area contributed by atoms with E-state index in [1.165, 1.54) is 32.0 Å². The molecule has 0 fully saturated rings. The Labute approximate surface area is 175 Å². The largest absolute Gasteiger partial charge is 0.573 e. The van der Waals surface area contributed by atoms with E-state index in [1.807, 2.05) is 0 Å². The lowest BCUT2D eigenvalue weighted by Gasteiger charge is -2.37. The van der Waals surface area contributed by atoms with Crippen LogP contribution in [-0.4, -0.2) is 31.1 Å². The van der Waals surface area contributed by atoms with Gasteiger partial charge in [0.15, 0.2) is 9.84 Å². The van der Waals surface area contributed by atoms with Crippen molar-refractivity contribution in [2.75, 3.05) is 5.75 Å². The number of nitrogens with zero attached hydrogens (tertiary/aromatic N) is 1. The van der Waals surface area contributed by atoms with Crippen molar-refractivity contribution in [2.45, 2.75) is 37.4 Å². The van der Waals surface area contributed by atoms with Crippen LogP contribution in [0.5, 0.6) is 5.75 Å². The van der Waals surface area contributed by atoms with Crippen LogP contribution in [0, 0.1) is 0 Å². The predicted molar refractivity (Wildman–Crippen MR) is 108 cm³/mol. The van der Waals surface area contributed by atoms with Crippen LogP contribution >= 0.6 is 22.9 Å². The van der Waals surface area contributed by atoms with E-state index in [0.29, 0.717) is 15.3 Å². The molecule has 0 saturated carbocycles. The van der Waals surface area contributed by atoms with Crippen LogP contribution in [0.2, 0.25) is 5.02 Å². The van der Waals surface area contributed by atoms with Gasteiger partial charge in [0.05, 0.1) is 15.7 Å². The second-order valence-electron chi connectivity index (χ2n) is 7.40. The summed E-state index contributed by atoms with van der Waals surface area (Å²) >= 11 is 7.52. The van der Waals surface area contributed by atoms with Crippen molar-refractivity contribution in [3.8, 4) is 16.2 Å². The van der Waals surface area contributed by atoms with Gasteiger partial charge in [-0.2, -0.15) is 0 Å². The van der Waals surface area contributed by atoms with E-state index in [4.69, 9.17) is 17.3 Å². The summed E-state index contributed by atoms with van der Waals surface area (Å²) in [6.07, 6.45) is -4.81. The Hall–Kier alpha value is -1.78. The maximum absolute atomic E-state index is 12.7. The molecule has 5 nitrogen and oxygen atoms in total. The summed E-state index contributed by atoms with van der Waals surface area (Å²) in [5.41, 5.74) is 5.21. The number of amidine groups is 1. The number of alkyl halides is 3. The van der Waals surface area contributed by atoms with E-state index in [0.717, 1.165) is 11.3 Å². The van der Waals surface area contributed by atoms with Crippen LogP contribution in [0.4, 0.5) is 13.2 Å². The van der Waals surface area contributed by atoms with E-state index in [9.17, 15) is 21.6 Å². The van der Waals surface area contributed by atoms with Crippen LogP contribution in [0.15, 0.2) is 35.3 Å². The summed E-state index contributed by atoms with van der Waals surface area (Å²) in [4.78, 5) is 5.46. The molecule has 29 heavy (non-hydrogen) atoms. The first-order valence-electron chi connectivity index (χ1n) is 8.39. The summed E-state index contributed by atoms with van der Waals surface area (Å²) in [6.45, 7) is 4.61. The molecule has 0 bridgehead atoms. The number of benzene rings is 1. The topological polar surface area (TPSA) is 81.8 Å². The number of halogens is 4. The van der Waals surface area contributed by atoms with Crippen LogP contribution in [0.25, 0.3) is 10.4 Å². The molecular weight excluding hydrogens is 449 g/mol. The average Bonchev–Trinajstić information content (AvgIpc) is 2.94. The second kappa shape index (κ2) is 6.88. The molecular formula is C18H18ClF3N2O3S2. The summed E-state index contributed by atoms with van der Waals surface area (Å²) in [6, 6.07) is 7.03. The highest BCUT2D eigenvalue weighted by atomic mass is 35.5. The number of thiophene rings is 1. The van der Waals surface area contributed by atoms with Gasteiger partial charge in [0, 0.05) is 4.88 Å². The molecule has 0 saturated heterocycles. The highest BCUT2D eigenvalue weighted by molar-refractivity contribution is 7.93. The highest BCUT2D eigenvalue weighted by Gasteiger charge is 2.49. The van der Waals surface area contributed by atoms with Gasteiger partial charge in [-0.05, 0) is 44.5 Å². The van der Waals surface area contributed by atoms with Gasteiger partial charge in [0.2, 0.25) is 0 Å². The normalized spacial score (nSPS) is 23.5. The number of nitrogens with two attached hydrogens (primary N) is 1. The summed E-state index contributed by atoms with van der Waals surface area (Å²) in [5.74, 6) is -0.667. The molecule has 1 aromatic heterocycles. The van der Waals surface area contributed by atoms with Crippen molar-refractivity contribution in [3.63, 3.8) is 0 Å². The molecule has 11 heteroatoms. The molecule has 3 rings (SSSR count). The van der Waals surface area contributed by atoms with Gasteiger partial charge in [-0.1, -0.05) is 23.7 Å². The Kier molecular flexibility index (Phi) is 5.20. The van der Waals surface area contributed by atoms with Crippen molar-refractivity contribution >= 4 is 38.6 Å². The number of rotatable bonds is 3. The fourth-order valence-corrected chi connectivity index (χ4v) is 6.38. The molecule has 1 aromatic carbocycles. The first-order chi connectivity index (χ1) is 13.1. The van der Waals surface area contributed by atoms with Gasteiger partial charge in [-0.3, -0.25) is 4.99 Å². The molecule has 0 spiro atoms. The summed E-state index contributed by atoms with van der Waals surface area (Å²) < 4.78 is 65.6. The minimum atomic E-state index is -4.81. The van der Waals surface area contributed by atoms with Crippen molar-refractivity contribution in [1.29, 1.82) is 0 Å². The predicted octanol–water partition coefficient (Wildman–Crippen LogP) is 4.75. The van der Waals surface area contributed by atoms with Crippen LogP contribution in [0.3, 0.4) is 0 Å². The van der Waals surface area contributed by atoms with Crippen molar-refractivity contribution < 1.29 is 26.3 Å². The van der Waals surface area contributed by atoms with Gasteiger partial charge < -0.3 is 10.5 Å². The summed E-state index contributed by atoms with van der Waals surface area (Å²) in [7, 11) is -3.62. The molecule has 1 atom stereocenters. The molecule has 1 unspecified atom stereocenters. The molecule has 1 aliphatic rings. The molecule has 0 radical (unpaired) electrons. The van der Waals surface area contributed by atoms with E-state index in [-0.39, 0.29) is 22.4 Å². The minimum absolute atomic E-state index is 0.0159. The second-order valence-corrected chi connectivity index (χ2v) is 11.4. The first-order valence-corrected chi connectivity index (χ1v) is 11.2. The van der Waals surface area contributed by atoms with Crippen molar-refractivity contribution in [1.82, 2.24) is 0 Å². The monoisotopic (exact) mass is 466 g/mol. The Bertz CT molecular complexity index is 1090. The fraction of sp³-hybridized carbons (Fsp3) is 0.389. The third kappa shape index (κ3) is 4.10. The van der Waals surface area contributed by atoms with Gasteiger partial charge in [-0.15, -0.1) is 24.5 Å². The molecule has 0 aliphatic carbocycles. The maximum atomic E-state index is 12.7. The van der Waals surface area contributed by atoms with Crippen LogP contribution < -0.4 is 10.5 Å². The summed E-state index contributed by atoms with van der Waals surface area (Å²) in [5, 5.41) is 0.265. The standard InChI is InChI=1S/C18H18ClF3N2O3S2/c1-16(2)15(23)24-17(3,9-29(16,25)26)14-12(19)8-13(28-14)10-5-4-6-11(7-10)27-18(20,21)22/h4-8H,9H2,1-3H3,(H2,23,24). The Balaban J connectivity index is 2.04.